The number of likely N-dealkylation sites (tertiary alicyclic amines) is 1. The molecule has 1 saturated heterocycles. The van der Waals surface area contributed by atoms with Gasteiger partial charge in [0.15, 0.2) is 0 Å². The maximum Gasteiger partial charge on any atom is 0.323 e. The zero-order valence-corrected chi connectivity index (χ0v) is 10.5. The molecule has 2 amide bonds. The lowest BCUT2D eigenvalue weighted by Gasteiger charge is -2.31. The molecule has 1 aliphatic carbocycles. The second-order valence-corrected chi connectivity index (χ2v) is 5.10. The quantitative estimate of drug-likeness (QED) is 0.761. The summed E-state index contributed by atoms with van der Waals surface area (Å²) in [6, 6.07) is 0.0726. The van der Waals surface area contributed by atoms with Crippen LogP contribution in [0.3, 0.4) is 0 Å². The van der Waals surface area contributed by atoms with Gasteiger partial charge in [0.2, 0.25) is 11.8 Å². The van der Waals surface area contributed by atoms with Gasteiger partial charge in [0.1, 0.15) is 6.54 Å². The Labute approximate surface area is 106 Å². The van der Waals surface area contributed by atoms with Crippen molar-refractivity contribution in [3.8, 4) is 0 Å². The molecule has 1 N–H and O–H groups in total. The van der Waals surface area contributed by atoms with Gasteiger partial charge in [-0.15, -0.1) is 0 Å². The molecular formula is C12H18N2O4. The van der Waals surface area contributed by atoms with Crippen LogP contribution in [0.4, 0.5) is 0 Å². The summed E-state index contributed by atoms with van der Waals surface area (Å²) in [5.74, 6) is -1.53. The third-order valence-electron chi connectivity index (χ3n) is 3.59. The number of carbonyl (C=O) groups excluding carboxylic acids is 2. The van der Waals surface area contributed by atoms with Crippen LogP contribution in [-0.2, 0) is 14.4 Å². The van der Waals surface area contributed by atoms with Crippen molar-refractivity contribution < 1.29 is 19.5 Å². The number of carboxylic acid groups (broad SMARTS) is 1. The van der Waals surface area contributed by atoms with Gasteiger partial charge in [-0.05, 0) is 19.3 Å². The van der Waals surface area contributed by atoms with Gasteiger partial charge < -0.3 is 14.9 Å². The molecule has 0 spiro atoms. The predicted octanol–water partition coefficient (Wildman–Crippen LogP) is -0.0696. The van der Waals surface area contributed by atoms with Crippen molar-refractivity contribution in [2.75, 3.05) is 20.1 Å². The minimum atomic E-state index is -0.991. The molecule has 0 aromatic rings. The van der Waals surface area contributed by atoms with Gasteiger partial charge in [-0.3, -0.25) is 14.4 Å². The molecule has 1 atom stereocenters. The van der Waals surface area contributed by atoms with E-state index in [1.807, 2.05) is 0 Å². The first-order valence-electron chi connectivity index (χ1n) is 6.25. The molecule has 1 heterocycles. The van der Waals surface area contributed by atoms with E-state index < -0.39 is 5.97 Å². The average molecular weight is 254 g/mol. The first-order chi connectivity index (χ1) is 8.49. The van der Waals surface area contributed by atoms with E-state index in [0.29, 0.717) is 13.0 Å². The van der Waals surface area contributed by atoms with E-state index in [2.05, 4.69) is 0 Å². The highest BCUT2D eigenvalue weighted by molar-refractivity contribution is 5.89. The molecule has 0 aromatic heterocycles. The van der Waals surface area contributed by atoms with Crippen molar-refractivity contribution in [3.63, 3.8) is 0 Å². The third kappa shape index (κ3) is 2.80. The standard InChI is InChI=1S/C12H18N2O4/c1-13-5-4-8(6-10(13)15)12(18)14(7-11(16)17)9-2-3-9/h8-9H,2-7H2,1H3,(H,16,17)/t8-/m0/s1. The van der Waals surface area contributed by atoms with Crippen molar-refractivity contribution in [1.82, 2.24) is 9.80 Å². The Balaban J connectivity index is 2.00. The molecule has 6 nitrogen and oxygen atoms in total. The summed E-state index contributed by atoms with van der Waals surface area (Å²) in [5.41, 5.74) is 0. The first kappa shape index (κ1) is 12.9. The fraction of sp³-hybridized carbons (Fsp3) is 0.750. The largest absolute Gasteiger partial charge is 0.480 e. The number of piperidine rings is 1. The van der Waals surface area contributed by atoms with Gasteiger partial charge in [-0.1, -0.05) is 0 Å². The van der Waals surface area contributed by atoms with E-state index in [9.17, 15) is 14.4 Å². The molecule has 2 aliphatic rings. The lowest BCUT2D eigenvalue weighted by Crippen LogP contribution is -2.46. The number of carboxylic acids is 1. The summed E-state index contributed by atoms with van der Waals surface area (Å²) in [4.78, 5) is 37.7. The SMILES string of the molecule is CN1CC[C@H](C(=O)N(CC(=O)O)C2CC2)CC1=O. The van der Waals surface area contributed by atoms with Crippen molar-refractivity contribution >= 4 is 17.8 Å². The topological polar surface area (TPSA) is 77.9 Å². The number of carbonyl (C=O) groups is 3. The number of hydrogen-bond donors (Lipinski definition) is 1. The van der Waals surface area contributed by atoms with Gasteiger partial charge in [0, 0.05) is 32.0 Å². The Bertz CT molecular complexity index is 378. The first-order valence-corrected chi connectivity index (χ1v) is 6.25. The summed E-state index contributed by atoms with van der Waals surface area (Å²) in [6.45, 7) is 0.324. The predicted molar refractivity (Wildman–Crippen MR) is 62.7 cm³/mol. The third-order valence-corrected chi connectivity index (χ3v) is 3.59. The van der Waals surface area contributed by atoms with Crippen LogP contribution in [0.15, 0.2) is 0 Å². The summed E-state index contributed by atoms with van der Waals surface area (Å²) in [7, 11) is 1.72. The van der Waals surface area contributed by atoms with Crippen LogP contribution < -0.4 is 0 Å². The number of nitrogens with zero attached hydrogens (tertiary/aromatic N) is 2. The average Bonchev–Trinajstić information content (AvgIpc) is 3.12. The van der Waals surface area contributed by atoms with Crippen LogP contribution in [0.25, 0.3) is 0 Å². The van der Waals surface area contributed by atoms with Crippen molar-refractivity contribution in [2.45, 2.75) is 31.7 Å². The van der Waals surface area contributed by atoms with E-state index >= 15 is 0 Å². The number of amides is 2. The van der Waals surface area contributed by atoms with Crippen LogP contribution in [0.5, 0.6) is 0 Å². The molecule has 2 fully saturated rings. The molecule has 2 rings (SSSR count). The van der Waals surface area contributed by atoms with E-state index in [0.717, 1.165) is 12.8 Å². The van der Waals surface area contributed by atoms with Gasteiger partial charge in [0.25, 0.3) is 0 Å². The van der Waals surface area contributed by atoms with E-state index in [1.54, 1.807) is 11.9 Å². The Morgan fingerprint density at radius 2 is 2.06 bits per heavy atom. The Hall–Kier alpha value is -1.59. The zero-order valence-electron chi connectivity index (χ0n) is 10.5. The van der Waals surface area contributed by atoms with E-state index in [4.69, 9.17) is 5.11 Å². The van der Waals surface area contributed by atoms with E-state index in [1.165, 1.54) is 4.90 Å². The molecule has 0 aromatic carbocycles. The van der Waals surface area contributed by atoms with Crippen molar-refractivity contribution in [3.05, 3.63) is 0 Å². The highest BCUT2D eigenvalue weighted by Crippen LogP contribution is 2.30. The van der Waals surface area contributed by atoms with Gasteiger partial charge in [-0.2, -0.15) is 0 Å². The molecule has 0 unspecified atom stereocenters. The second-order valence-electron chi connectivity index (χ2n) is 5.10. The molecule has 18 heavy (non-hydrogen) atoms. The van der Waals surface area contributed by atoms with Gasteiger partial charge >= 0.3 is 5.97 Å². The maximum atomic E-state index is 12.3. The van der Waals surface area contributed by atoms with Crippen LogP contribution in [0, 0.1) is 5.92 Å². The Morgan fingerprint density at radius 3 is 2.56 bits per heavy atom. The van der Waals surface area contributed by atoms with Crippen LogP contribution >= 0.6 is 0 Å². The molecular weight excluding hydrogens is 236 g/mol. The lowest BCUT2D eigenvalue weighted by atomic mass is 9.95. The molecule has 0 bridgehead atoms. The molecule has 1 aliphatic heterocycles. The van der Waals surface area contributed by atoms with Crippen LogP contribution in [0.1, 0.15) is 25.7 Å². The fourth-order valence-corrected chi connectivity index (χ4v) is 2.31. The van der Waals surface area contributed by atoms with Crippen molar-refractivity contribution in [2.24, 2.45) is 5.92 Å². The minimum Gasteiger partial charge on any atom is -0.480 e. The monoisotopic (exact) mass is 254 g/mol. The Morgan fingerprint density at radius 1 is 1.39 bits per heavy atom. The van der Waals surface area contributed by atoms with Gasteiger partial charge in [0.05, 0.1) is 0 Å². The Kier molecular flexibility index (Phi) is 3.54. The summed E-state index contributed by atoms with van der Waals surface area (Å²) >= 11 is 0. The maximum absolute atomic E-state index is 12.3. The zero-order chi connectivity index (χ0) is 13.3. The molecule has 1 saturated carbocycles. The molecule has 6 heteroatoms. The van der Waals surface area contributed by atoms with Gasteiger partial charge in [-0.25, -0.2) is 0 Å². The van der Waals surface area contributed by atoms with Crippen LogP contribution in [0.2, 0.25) is 0 Å². The summed E-state index contributed by atoms with van der Waals surface area (Å²) in [5, 5.41) is 8.83. The minimum absolute atomic E-state index is 0.0364. The normalized spacial score (nSPS) is 23.9. The van der Waals surface area contributed by atoms with E-state index in [-0.39, 0.29) is 36.7 Å². The smallest absolute Gasteiger partial charge is 0.323 e. The summed E-state index contributed by atoms with van der Waals surface area (Å²) in [6.07, 6.45) is 2.58. The fourth-order valence-electron chi connectivity index (χ4n) is 2.31. The number of hydrogen-bond acceptors (Lipinski definition) is 3. The molecule has 0 radical (unpaired) electrons. The second kappa shape index (κ2) is 4.96. The molecule has 100 valence electrons. The van der Waals surface area contributed by atoms with Crippen LogP contribution in [-0.4, -0.2) is 58.9 Å². The summed E-state index contributed by atoms with van der Waals surface area (Å²) < 4.78 is 0. The highest BCUT2D eigenvalue weighted by atomic mass is 16.4. The number of rotatable bonds is 4. The van der Waals surface area contributed by atoms with Crippen molar-refractivity contribution in [1.29, 1.82) is 0 Å². The highest BCUT2D eigenvalue weighted by Gasteiger charge is 2.39. The lowest BCUT2D eigenvalue weighted by molar-refractivity contribution is -0.149. The number of aliphatic carboxylic acids is 1.